The van der Waals surface area contributed by atoms with Crippen molar-refractivity contribution >= 4 is 17.6 Å². The molecule has 2 rings (SSSR count). The zero-order valence-corrected chi connectivity index (χ0v) is 12.5. The van der Waals surface area contributed by atoms with Gasteiger partial charge < -0.3 is 16.4 Å². The van der Waals surface area contributed by atoms with Crippen LogP contribution in [0.25, 0.3) is 0 Å². The Hall–Kier alpha value is -2.83. The summed E-state index contributed by atoms with van der Waals surface area (Å²) in [5.74, 6) is -0.227. The molecule has 0 spiro atoms. The van der Waals surface area contributed by atoms with Gasteiger partial charge in [0.2, 0.25) is 5.91 Å². The molecule has 0 aliphatic rings. The number of primary amides is 1. The number of rotatable bonds is 5. The fourth-order valence-corrected chi connectivity index (χ4v) is 2.27. The van der Waals surface area contributed by atoms with Crippen molar-refractivity contribution in [1.82, 2.24) is 15.1 Å². The normalized spacial score (nSPS) is 11.7. The van der Waals surface area contributed by atoms with Gasteiger partial charge in [-0.25, -0.2) is 4.79 Å². The molecule has 0 saturated carbocycles. The lowest BCUT2D eigenvalue weighted by Crippen LogP contribution is -2.35. The largest absolute Gasteiger partial charge is 0.352 e. The Bertz CT molecular complexity index is 680. The molecule has 4 N–H and O–H groups in total. The van der Waals surface area contributed by atoms with Gasteiger partial charge in [0.25, 0.3) is 0 Å². The van der Waals surface area contributed by atoms with Crippen molar-refractivity contribution in [3.05, 3.63) is 47.8 Å². The Balaban J connectivity index is 2.11. The van der Waals surface area contributed by atoms with Crippen LogP contribution in [-0.2, 0) is 11.8 Å². The minimum atomic E-state index is -0.664. The quantitative estimate of drug-likeness (QED) is 0.779. The minimum absolute atomic E-state index is 0.0860. The van der Waals surface area contributed by atoms with E-state index < -0.39 is 12.1 Å². The number of nitrogens with two attached hydrogens (primary N) is 1. The van der Waals surface area contributed by atoms with Crippen LogP contribution < -0.4 is 16.4 Å². The molecule has 0 unspecified atom stereocenters. The van der Waals surface area contributed by atoms with Gasteiger partial charge in [0.05, 0.1) is 24.3 Å². The maximum atomic E-state index is 12.2. The van der Waals surface area contributed by atoms with Crippen molar-refractivity contribution in [3.8, 4) is 0 Å². The molecule has 7 heteroatoms. The number of nitrogens with one attached hydrogen (secondary N) is 2. The van der Waals surface area contributed by atoms with Crippen LogP contribution in [0.4, 0.5) is 10.5 Å². The Morgan fingerprint density at radius 1 is 1.36 bits per heavy atom. The SMILES string of the molecule is Cc1ccccc1[C@@H](CC(=O)Nc1cnn(C)c1)NC(N)=O. The van der Waals surface area contributed by atoms with Gasteiger partial charge in [0, 0.05) is 13.2 Å². The number of hydrogen-bond acceptors (Lipinski definition) is 3. The Morgan fingerprint density at radius 2 is 2.09 bits per heavy atom. The highest BCUT2D eigenvalue weighted by Gasteiger charge is 2.19. The molecule has 1 heterocycles. The smallest absolute Gasteiger partial charge is 0.312 e. The summed E-state index contributed by atoms with van der Waals surface area (Å²) in [4.78, 5) is 23.4. The summed E-state index contributed by atoms with van der Waals surface area (Å²) in [5, 5.41) is 9.34. The summed E-state index contributed by atoms with van der Waals surface area (Å²) in [6.45, 7) is 1.92. The fourth-order valence-electron chi connectivity index (χ4n) is 2.27. The molecule has 1 aromatic heterocycles. The molecule has 22 heavy (non-hydrogen) atoms. The number of amides is 3. The lowest BCUT2D eigenvalue weighted by molar-refractivity contribution is -0.116. The molecule has 116 valence electrons. The van der Waals surface area contributed by atoms with Crippen LogP contribution in [-0.4, -0.2) is 21.7 Å². The van der Waals surface area contributed by atoms with Gasteiger partial charge in [-0.1, -0.05) is 24.3 Å². The highest BCUT2D eigenvalue weighted by molar-refractivity contribution is 5.91. The molecule has 0 fully saturated rings. The van der Waals surface area contributed by atoms with E-state index in [1.54, 1.807) is 24.1 Å². The average Bonchev–Trinajstić information content (AvgIpc) is 2.83. The molecule has 2 aromatic rings. The molecule has 0 bridgehead atoms. The van der Waals surface area contributed by atoms with Gasteiger partial charge in [0.15, 0.2) is 0 Å². The molecular weight excluding hydrogens is 282 g/mol. The molecule has 1 atom stereocenters. The van der Waals surface area contributed by atoms with Crippen molar-refractivity contribution in [3.63, 3.8) is 0 Å². The molecule has 3 amide bonds. The number of urea groups is 1. The Labute approximate surface area is 128 Å². The van der Waals surface area contributed by atoms with Crippen LogP contribution in [0.5, 0.6) is 0 Å². The lowest BCUT2D eigenvalue weighted by atomic mass is 9.98. The van der Waals surface area contributed by atoms with E-state index in [1.807, 2.05) is 31.2 Å². The van der Waals surface area contributed by atoms with Gasteiger partial charge in [-0.2, -0.15) is 5.10 Å². The molecule has 0 aliphatic heterocycles. The Kier molecular flexibility index (Phi) is 4.77. The van der Waals surface area contributed by atoms with Crippen molar-refractivity contribution in [2.45, 2.75) is 19.4 Å². The molecule has 7 nitrogen and oxygen atoms in total. The van der Waals surface area contributed by atoms with Crippen molar-refractivity contribution in [2.24, 2.45) is 12.8 Å². The third-order valence-corrected chi connectivity index (χ3v) is 3.26. The number of anilines is 1. The van der Waals surface area contributed by atoms with E-state index >= 15 is 0 Å². The lowest BCUT2D eigenvalue weighted by Gasteiger charge is -2.19. The molecule has 0 radical (unpaired) electrons. The van der Waals surface area contributed by atoms with E-state index in [0.29, 0.717) is 5.69 Å². The summed E-state index contributed by atoms with van der Waals surface area (Å²) in [7, 11) is 1.76. The first-order chi connectivity index (χ1) is 10.5. The topological polar surface area (TPSA) is 102 Å². The number of benzene rings is 1. The third kappa shape index (κ3) is 4.08. The fraction of sp³-hybridized carbons (Fsp3) is 0.267. The minimum Gasteiger partial charge on any atom is -0.352 e. The summed E-state index contributed by atoms with van der Waals surface area (Å²) in [6, 6.07) is 6.40. The number of carbonyl (C=O) groups excluding carboxylic acids is 2. The van der Waals surface area contributed by atoms with Crippen LogP contribution in [0.1, 0.15) is 23.6 Å². The van der Waals surface area contributed by atoms with Crippen LogP contribution in [0, 0.1) is 6.92 Å². The number of aromatic nitrogens is 2. The highest BCUT2D eigenvalue weighted by Crippen LogP contribution is 2.21. The third-order valence-electron chi connectivity index (χ3n) is 3.26. The van der Waals surface area contributed by atoms with Crippen molar-refractivity contribution in [2.75, 3.05) is 5.32 Å². The van der Waals surface area contributed by atoms with E-state index in [9.17, 15) is 9.59 Å². The maximum absolute atomic E-state index is 12.2. The predicted octanol–water partition coefficient (Wildman–Crippen LogP) is 1.47. The monoisotopic (exact) mass is 301 g/mol. The summed E-state index contributed by atoms with van der Waals surface area (Å²) < 4.78 is 1.59. The van der Waals surface area contributed by atoms with E-state index in [1.165, 1.54) is 0 Å². The van der Waals surface area contributed by atoms with Gasteiger partial charge >= 0.3 is 6.03 Å². The first-order valence-corrected chi connectivity index (χ1v) is 6.85. The molecule has 0 aliphatic carbocycles. The van der Waals surface area contributed by atoms with Crippen LogP contribution in [0.2, 0.25) is 0 Å². The second-order valence-electron chi connectivity index (χ2n) is 5.07. The van der Waals surface area contributed by atoms with E-state index in [0.717, 1.165) is 11.1 Å². The van der Waals surface area contributed by atoms with Gasteiger partial charge in [-0.05, 0) is 18.1 Å². The van der Waals surface area contributed by atoms with Gasteiger partial charge in [-0.15, -0.1) is 0 Å². The second kappa shape index (κ2) is 6.75. The zero-order valence-electron chi connectivity index (χ0n) is 12.5. The van der Waals surface area contributed by atoms with Crippen molar-refractivity contribution in [1.29, 1.82) is 0 Å². The van der Waals surface area contributed by atoms with Crippen LogP contribution in [0.3, 0.4) is 0 Å². The Morgan fingerprint density at radius 3 is 2.68 bits per heavy atom. The predicted molar refractivity (Wildman–Crippen MR) is 83.1 cm³/mol. The van der Waals surface area contributed by atoms with Crippen molar-refractivity contribution < 1.29 is 9.59 Å². The zero-order chi connectivity index (χ0) is 16.1. The summed E-state index contributed by atoms with van der Waals surface area (Å²) in [5.41, 5.74) is 7.67. The van der Waals surface area contributed by atoms with Gasteiger partial charge in [0.1, 0.15) is 0 Å². The molecular formula is C15H19N5O2. The van der Waals surface area contributed by atoms with E-state index in [4.69, 9.17) is 5.73 Å². The number of aryl methyl sites for hydroxylation is 2. The standard InChI is InChI=1S/C15H19N5O2/c1-10-5-3-4-6-12(10)13(19-15(16)22)7-14(21)18-11-8-17-20(2)9-11/h3-6,8-9,13H,7H2,1-2H3,(H,18,21)(H3,16,19,22)/t13-/m1/s1. The average molecular weight is 301 g/mol. The molecule has 1 aromatic carbocycles. The van der Waals surface area contributed by atoms with Crippen LogP contribution in [0.15, 0.2) is 36.7 Å². The molecule has 0 saturated heterocycles. The number of carbonyl (C=O) groups is 2. The highest BCUT2D eigenvalue weighted by atomic mass is 16.2. The van der Waals surface area contributed by atoms with E-state index in [2.05, 4.69) is 15.7 Å². The van der Waals surface area contributed by atoms with Crippen LogP contribution >= 0.6 is 0 Å². The maximum Gasteiger partial charge on any atom is 0.312 e. The van der Waals surface area contributed by atoms with E-state index in [-0.39, 0.29) is 12.3 Å². The first kappa shape index (κ1) is 15.6. The number of nitrogens with zero attached hydrogens (tertiary/aromatic N) is 2. The second-order valence-corrected chi connectivity index (χ2v) is 5.07. The first-order valence-electron chi connectivity index (χ1n) is 6.85. The summed E-state index contributed by atoms with van der Waals surface area (Å²) in [6.07, 6.45) is 3.34. The number of hydrogen-bond donors (Lipinski definition) is 3. The summed E-state index contributed by atoms with van der Waals surface area (Å²) >= 11 is 0. The van der Waals surface area contributed by atoms with Gasteiger partial charge in [-0.3, -0.25) is 9.48 Å².